The number of benzene rings is 1. The van der Waals surface area contributed by atoms with Crippen LogP contribution in [0.1, 0.15) is 24.5 Å². The van der Waals surface area contributed by atoms with Gasteiger partial charge >= 0.3 is 0 Å². The summed E-state index contributed by atoms with van der Waals surface area (Å²) in [5.74, 6) is -0.0518. The van der Waals surface area contributed by atoms with Gasteiger partial charge < -0.3 is 19.7 Å². The van der Waals surface area contributed by atoms with Crippen LogP contribution in [0, 0.1) is 0 Å². The molecule has 0 unspecified atom stereocenters. The van der Waals surface area contributed by atoms with Crippen LogP contribution in [0.2, 0.25) is 0 Å². The van der Waals surface area contributed by atoms with Crippen molar-refractivity contribution in [3.63, 3.8) is 0 Å². The number of methoxy groups -OCH3 is 2. The Morgan fingerprint density at radius 1 is 1.27 bits per heavy atom. The molecule has 0 radical (unpaired) electrons. The van der Waals surface area contributed by atoms with Crippen LogP contribution < -0.4 is 5.32 Å². The maximum absolute atomic E-state index is 12.4. The number of carbonyl (C=O) groups excluding carboxylic acids is 1. The highest BCUT2D eigenvalue weighted by atomic mass is 16.5. The fourth-order valence-corrected chi connectivity index (χ4v) is 2.82. The van der Waals surface area contributed by atoms with E-state index in [9.17, 15) is 4.79 Å². The Kier molecular flexibility index (Phi) is 6.83. The van der Waals surface area contributed by atoms with Gasteiger partial charge in [0.15, 0.2) is 6.10 Å². The van der Waals surface area contributed by atoms with E-state index in [4.69, 9.17) is 9.47 Å². The van der Waals surface area contributed by atoms with Crippen molar-refractivity contribution in [2.75, 3.05) is 40.5 Å². The number of nitrogens with zero attached hydrogens (tertiary/aromatic N) is 1. The molecule has 2 rings (SSSR count). The van der Waals surface area contributed by atoms with Gasteiger partial charge in [0, 0.05) is 39.9 Å². The molecule has 1 aromatic rings. The first-order valence-electron chi connectivity index (χ1n) is 7.84. The Morgan fingerprint density at radius 3 is 2.55 bits per heavy atom. The average Bonchev–Trinajstić information content (AvgIpc) is 2.56. The van der Waals surface area contributed by atoms with Gasteiger partial charge in [-0.25, -0.2) is 0 Å². The molecule has 5 heteroatoms. The van der Waals surface area contributed by atoms with Crippen molar-refractivity contribution < 1.29 is 14.3 Å². The lowest BCUT2D eigenvalue weighted by Gasteiger charge is -2.32. The molecule has 1 amide bonds. The first-order chi connectivity index (χ1) is 10.7. The zero-order valence-electron chi connectivity index (χ0n) is 13.5. The standard InChI is InChI=1S/C17H26N2O3/c1-21-13-12-19-10-8-15(9-11-19)18-17(20)16(22-2)14-6-4-3-5-7-14/h3-7,15-16H,8-13H2,1-2H3,(H,18,20)/t16-/m1/s1. The number of hydrogen-bond acceptors (Lipinski definition) is 4. The Balaban J connectivity index is 1.82. The highest BCUT2D eigenvalue weighted by Crippen LogP contribution is 2.18. The van der Waals surface area contributed by atoms with E-state index in [1.54, 1.807) is 14.2 Å². The van der Waals surface area contributed by atoms with Gasteiger partial charge in [0.2, 0.25) is 0 Å². The quantitative estimate of drug-likeness (QED) is 0.831. The number of nitrogens with one attached hydrogen (secondary N) is 1. The average molecular weight is 306 g/mol. The second kappa shape index (κ2) is 8.88. The number of piperidine rings is 1. The Hall–Kier alpha value is -1.43. The number of carbonyl (C=O) groups is 1. The Morgan fingerprint density at radius 2 is 1.95 bits per heavy atom. The van der Waals surface area contributed by atoms with Crippen molar-refractivity contribution >= 4 is 5.91 Å². The molecule has 0 aliphatic carbocycles. The van der Waals surface area contributed by atoms with Crippen LogP contribution in [-0.4, -0.2) is 57.3 Å². The summed E-state index contributed by atoms with van der Waals surface area (Å²) in [4.78, 5) is 14.8. The molecular formula is C17H26N2O3. The lowest BCUT2D eigenvalue weighted by molar-refractivity contribution is -0.132. The predicted molar refractivity (Wildman–Crippen MR) is 85.7 cm³/mol. The summed E-state index contributed by atoms with van der Waals surface area (Å²) in [6.07, 6.45) is 1.41. The normalized spacial score (nSPS) is 18.1. The molecule has 1 aliphatic rings. The van der Waals surface area contributed by atoms with Gasteiger partial charge in [-0.1, -0.05) is 30.3 Å². The van der Waals surface area contributed by atoms with Crippen LogP contribution >= 0.6 is 0 Å². The summed E-state index contributed by atoms with van der Waals surface area (Å²) in [6, 6.07) is 9.84. The molecule has 1 atom stereocenters. The number of amides is 1. The monoisotopic (exact) mass is 306 g/mol. The Bertz CT molecular complexity index is 444. The van der Waals surface area contributed by atoms with Crippen molar-refractivity contribution in [1.82, 2.24) is 10.2 Å². The van der Waals surface area contributed by atoms with Crippen molar-refractivity contribution in [3.8, 4) is 0 Å². The van der Waals surface area contributed by atoms with Gasteiger partial charge in [0.05, 0.1) is 6.61 Å². The molecule has 1 N–H and O–H groups in total. The molecule has 1 fully saturated rings. The molecule has 0 aromatic heterocycles. The fraction of sp³-hybridized carbons (Fsp3) is 0.588. The number of rotatable bonds is 7. The smallest absolute Gasteiger partial charge is 0.253 e. The summed E-state index contributed by atoms with van der Waals surface area (Å²) >= 11 is 0. The third-order valence-corrected chi connectivity index (χ3v) is 4.12. The molecule has 5 nitrogen and oxygen atoms in total. The minimum absolute atomic E-state index is 0.0518. The molecule has 0 bridgehead atoms. The van der Waals surface area contributed by atoms with E-state index >= 15 is 0 Å². The highest BCUT2D eigenvalue weighted by molar-refractivity contribution is 5.82. The van der Waals surface area contributed by atoms with Crippen molar-refractivity contribution in [2.24, 2.45) is 0 Å². The maximum Gasteiger partial charge on any atom is 0.253 e. The second-order valence-corrected chi connectivity index (χ2v) is 5.64. The molecule has 1 aromatic carbocycles. The topological polar surface area (TPSA) is 50.8 Å². The van der Waals surface area contributed by atoms with Crippen LogP contribution in [0.3, 0.4) is 0 Å². The highest BCUT2D eigenvalue weighted by Gasteiger charge is 2.25. The van der Waals surface area contributed by atoms with E-state index in [2.05, 4.69) is 10.2 Å². The van der Waals surface area contributed by atoms with Gasteiger partial charge in [-0.2, -0.15) is 0 Å². The number of hydrogen-bond donors (Lipinski definition) is 1. The number of likely N-dealkylation sites (tertiary alicyclic amines) is 1. The molecular weight excluding hydrogens is 280 g/mol. The zero-order chi connectivity index (χ0) is 15.8. The summed E-state index contributed by atoms with van der Waals surface area (Å²) in [5.41, 5.74) is 0.889. The van der Waals surface area contributed by atoms with Crippen LogP contribution in [0.5, 0.6) is 0 Å². The van der Waals surface area contributed by atoms with Crippen LogP contribution in [-0.2, 0) is 14.3 Å². The summed E-state index contributed by atoms with van der Waals surface area (Å²) in [6.45, 7) is 3.72. The molecule has 1 heterocycles. The molecule has 0 spiro atoms. The first kappa shape index (κ1) is 16.9. The first-order valence-corrected chi connectivity index (χ1v) is 7.84. The minimum atomic E-state index is -0.535. The predicted octanol–water partition coefficient (Wildman–Crippen LogP) is 1.60. The lowest BCUT2D eigenvalue weighted by Crippen LogP contribution is -2.46. The van der Waals surface area contributed by atoms with E-state index in [0.29, 0.717) is 0 Å². The van der Waals surface area contributed by atoms with Gasteiger partial charge in [0.1, 0.15) is 0 Å². The van der Waals surface area contributed by atoms with Crippen molar-refractivity contribution in [1.29, 1.82) is 0 Å². The Labute approximate surface area is 132 Å². The third-order valence-electron chi connectivity index (χ3n) is 4.12. The van der Waals surface area contributed by atoms with E-state index in [0.717, 1.165) is 44.6 Å². The molecule has 1 saturated heterocycles. The number of ether oxygens (including phenoxy) is 2. The van der Waals surface area contributed by atoms with E-state index in [1.165, 1.54) is 0 Å². The van der Waals surface area contributed by atoms with Crippen molar-refractivity contribution in [3.05, 3.63) is 35.9 Å². The van der Waals surface area contributed by atoms with Gasteiger partial charge in [-0.3, -0.25) is 4.79 Å². The molecule has 122 valence electrons. The fourth-order valence-electron chi connectivity index (χ4n) is 2.82. The maximum atomic E-state index is 12.4. The SMILES string of the molecule is COCCN1CCC(NC(=O)[C@H](OC)c2ccccc2)CC1. The van der Waals surface area contributed by atoms with E-state index < -0.39 is 6.10 Å². The van der Waals surface area contributed by atoms with Gasteiger partial charge in [-0.05, 0) is 18.4 Å². The molecule has 0 saturated carbocycles. The summed E-state index contributed by atoms with van der Waals surface area (Å²) in [7, 11) is 3.30. The molecule has 22 heavy (non-hydrogen) atoms. The van der Waals surface area contributed by atoms with E-state index in [-0.39, 0.29) is 11.9 Å². The zero-order valence-corrected chi connectivity index (χ0v) is 13.5. The largest absolute Gasteiger partial charge is 0.383 e. The van der Waals surface area contributed by atoms with Gasteiger partial charge in [-0.15, -0.1) is 0 Å². The minimum Gasteiger partial charge on any atom is -0.383 e. The lowest BCUT2D eigenvalue weighted by atomic mass is 10.0. The van der Waals surface area contributed by atoms with Crippen LogP contribution in [0.4, 0.5) is 0 Å². The van der Waals surface area contributed by atoms with Gasteiger partial charge in [0.25, 0.3) is 5.91 Å². The third kappa shape index (κ3) is 4.80. The molecule has 1 aliphatic heterocycles. The van der Waals surface area contributed by atoms with Crippen LogP contribution in [0.25, 0.3) is 0 Å². The van der Waals surface area contributed by atoms with Crippen LogP contribution in [0.15, 0.2) is 30.3 Å². The summed E-state index contributed by atoms with van der Waals surface area (Å²) in [5, 5.41) is 3.12. The van der Waals surface area contributed by atoms with E-state index in [1.807, 2.05) is 30.3 Å². The second-order valence-electron chi connectivity index (χ2n) is 5.64. The van der Waals surface area contributed by atoms with Crippen molar-refractivity contribution in [2.45, 2.75) is 25.0 Å². The summed E-state index contributed by atoms with van der Waals surface area (Å²) < 4.78 is 10.5.